The molecule has 0 spiro atoms. The lowest BCUT2D eigenvalue weighted by molar-refractivity contribution is -0.165. The van der Waals surface area contributed by atoms with Crippen LogP contribution in [-0.2, 0) is 19.2 Å². The predicted octanol–water partition coefficient (Wildman–Crippen LogP) is -2.25. The summed E-state index contributed by atoms with van der Waals surface area (Å²) in [6, 6.07) is -0.389. The Morgan fingerprint density at radius 2 is 1.64 bits per heavy atom. The molecule has 6 N–H and O–H groups in total. The van der Waals surface area contributed by atoms with E-state index in [1.165, 1.54) is 0 Å². The number of carboxylic acid groups (broad SMARTS) is 2. The molecular weight excluding hydrogens is 300 g/mol. The molecule has 1 aliphatic rings. The van der Waals surface area contributed by atoms with Crippen LogP contribution in [0.25, 0.3) is 0 Å². The first kappa shape index (κ1) is 19.8. The Kier molecular flexibility index (Phi) is 8.05. The van der Waals surface area contributed by atoms with Crippen LogP contribution < -0.4 is 5.73 Å². The maximum Gasteiger partial charge on any atom is 0.335 e. The Morgan fingerprint density at radius 1 is 1.18 bits per heavy atom. The minimum atomic E-state index is -2.27. The third kappa shape index (κ3) is 5.66. The summed E-state index contributed by atoms with van der Waals surface area (Å²) in [5, 5.41) is 32.5. The van der Waals surface area contributed by atoms with E-state index >= 15 is 0 Å². The van der Waals surface area contributed by atoms with Gasteiger partial charge in [0.2, 0.25) is 11.8 Å². The van der Waals surface area contributed by atoms with E-state index in [1.807, 2.05) is 6.92 Å². The monoisotopic (exact) mass is 320 g/mol. The molecule has 1 rings (SSSR count). The number of primary amides is 1. The number of aliphatic carboxylic acids is 2. The molecule has 10 heteroatoms. The second-order valence-corrected chi connectivity index (χ2v) is 4.58. The second kappa shape index (κ2) is 8.95. The topological polar surface area (TPSA) is 178 Å². The number of carbonyl (C=O) groups is 4. The highest BCUT2D eigenvalue weighted by atomic mass is 16.4. The van der Waals surface area contributed by atoms with Gasteiger partial charge in [-0.2, -0.15) is 0 Å². The van der Waals surface area contributed by atoms with Gasteiger partial charge in [0.25, 0.3) is 0 Å². The summed E-state index contributed by atoms with van der Waals surface area (Å²) < 4.78 is 0. The van der Waals surface area contributed by atoms with Crippen molar-refractivity contribution >= 4 is 23.8 Å². The molecule has 1 saturated heterocycles. The van der Waals surface area contributed by atoms with Crippen LogP contribution in [0.15, 0.2) is 0 Å². The zero-order valence-electron chi connectivity index (χ0n) is 12.0. The SMILES string of the molecule is CC[C@@H](C(N)=O)N1CCCC1=O.O=C(O)[C@@H](O)[C@H](O)C(=O)O. The van der Waals surface area contributed by atoms with Gasteiger partial charge >= 0.3 is 11.9 Å². The number of nitrogens with zero attached hydrogens (tertiary/aromatic N) is 1. The first-order valence-electron chi connectivity index (χ1n) is 6.54. The van der Waals surface area contributed by atoms with Crippen molar-refractivity contribution in [1.29, 1.82) is 0 Å². The van der Waals surface area contributed by atoms with Gasteiger partial charge in [-0.05, 0) is 12.8 Å². The molecule has 0 radical (unpaired) electrons. The first-order valence-corrected chi connectivity index (χ1v) is 6.54. The van der Waals surface area contributed by atoms with Gasteiger partial charge < -0.3 is 31.1 Å². The van der Waals surface area contributed by atoms with Crippen LogP contribution in [0.2, 0.25) is 0 Å². The first-order chi connectivity index (χ1) is 10.1. The van der Waals surface area contributed by atoms with Gasteiger partial charge in [0.15, 0.2) is 12.2 Å². The van der Waals surface area contributed by atoms with Crippen molar-refractivity contribution in [3.8, 4) is 0 Å². The van der Waals surface area contributed by atoms with Crippen molar-refractivity contribution in [2.45, 2.75) is 44.4 Å². The number of aliphatic hydroxyl groups is 2. The van der Waals surface area contributed by atoms with Crippen molar-refractivity contribution in [2.75, 3.05) is 6.54 Å². The minimum Gasteiger partial charge on any atom is -0.479 e. The summed E-state index contributed by atoms with van der Waals surface area (Å²) in [7, 11) is 0. The molecule has 2 amide bonds. The lowest BCUT2D eigenvalue weighted by Crippen LogP contribution is -2.44. The zero-order valence-corrected chi connectivity index (χ0v) is 12.0. The fraction of sp³-hybridized carbons (Fsp3) is 0.667. The lowest BCUT2D eigenvalue weighted by Gasteiger charge is -2.23. The van der Waals surface area contributed by atoms with Gasteiger partial charge in [-0.1, -0.05) is 6.92 Å². The molecule has 10 nitrogen and oxygen atoms in total. The van der Waals surface area contributed by atoms with Crippen molar-refractivity contribution in [2.24, 2.45) is 5.73 Å². The van der Waals surface area contributed by atoms with Gasteiger partial charge in [-0.3, -0.25) is 9.59 Å². The van der Waals surface area contributed by atoms with Gasteiger partial charge in [0.05, 0.1) is 0 Å². The van der Waals surface area contributed by atoms with Crippen LogP contribution in [0.3, 0.4) is 0 Å². The van der Waals surface area contributed by atoms with Gasteiger partial charge in [0.1, 0.15) is 6.04 Å². The molecule has 1 aliphatic heterocycles. The number of likely N-dealkylation sites (tertiary alicyclic amines) is 1. The largest absolute Gasteiger partial charge is 0.479 e. The normalized spacial score (nSPS) is 18.0. The highest BCUT2D eigenvalue weighted by Crippen LogP contribution is 2.15. The Hall–Kier alpha value is -2.20. The number of carboxylic acids is 2. The van der Waals surface area contributed by atoms with E-state index in [0.717, 1.165) is 6.42 Å². The highest BCUT2D eigenvalue weighted by Gasteiger charge is 2.30. The van der Waals surface area contributed by atoms with Gasteiger partial charge in [-0.15, -0.1) is 0 Å². The summed E-state index contributed by atoms with van der Waals surface area (Å²) >= 11 is 0. The average Bonchev–Trinajstić information content (AvgIpc) is 2.84. The van der Waals surface area contributed by atoms with E-state index in [-0.39, 0.29) is 11.9 Å². The van der Waals surface area contributed by atoms with Crippen molar-refractivity contribution in [1.82, 2.24) is 4.90 Å². The van der Waals surface area contributed by atoms with Crippen molar-refractivity contribution < 1.29 is 39.6 Å². The van der Waals surface area contributed by atoms with E-state index in [9.17, 15) is 19.2 Å². The van der Waals surface area contributed by atoms with Crippen LogP contribution in [0.4, 0.5) is 0 Å². The molecule has 1 fully saturated rings. The average molecular weight is 320 g/mol. The summed E-state index contributed by atoms with van der Waals surface area (Å²) in [5.74, 6) is -3.88. The molecule has 0 saturated carbocycles. The molecule has 22 heavy (non-hydrogen) atoms. The van der Waals surface area contributed by atoms with Crippen molar-refractivity contribution in [3.63, 3.8) is 0 Å². The second-order valence-electron chi connectivity index (χ2n) is 4.58. The molecule has 0 aromatic carbocycles. The van der Waals surface area contributed by atoms with Gasteiger partial charge in [-0.25, -0.2) is 9.59 Å². The van der Waals surface area contributed by atoms with Crippen LogP contribution in [0.1, 0.15) is 26.2 Å². The van der Waals surface area contributed by atoms with E-state index in [1.54, 1.807) is 4.90 Å². The van der Waals surface area contributed by atoms with Crippen LogP contribution in [0.5, 0.6) is 0 Å². The molecule has 1 heterocycles. The number of hydrogen-bond donors (Lipinski definition) is 5. The summed E-state index contributed by atoms with van der Waals surface area (Å²) in [5.41, 5.74) is 5.16. The Labute approximate surface area is 126 Å². The highest BCUT2D eigenvalue weighted by molar-refractivity contribution is 5.87. The van der Waals surface area contributed by atoms with E-state index < -0.39 is 30.1 Å². The minimum absolute atomic E-state index is 0.0562. The molecule has 126 valence electrons. The Morgan fingerprint density at radius 3 is 1.86 bits per heavy atom. The number of carbonyl (C=O) groups excluding carboxylic acids is 2. The molecule has 0 bridgehead atoms. The number of amides is 2. The number of hydrogen-bond acceptors (Lipinski definition) is 6. The third-order valence-corrected chi connectivity index (χ3v) is 3.01. The number of aliphatic hydroxyl groups excluding tert-OH is 2. The molecule has 0 aliphatic carbocycles. The molecule has 0 aromatic rings. The summed E-state index contributed by atoms with van der Waals surface area (Å²) in [4.78, 5) is 43.2. The Balaban J connectivity index is 0.000000409. The van der Waals surface area contributed by atoms with Crippen LogP contribution in [-0.4, -0.2) is 73.9 Å². The van der Waals surface area contributed by atoms with Crippen LogP contribution >= 0.6 is 0 Å². The maximum absolute atomic E-state index is 11.2. The van der Waals surface area contributed by atoms with E-state index in [4.69, 9.17) is 26.2 Å². The number of rotatable bonds is 6. The quantitative estimate of drug-likeness (QED) is 0.364. The predicted molar refractivity (Wildman–Crippen MR) is 71.5 cm³/mol. The smallest absolute Gasteiger partial charge is 0.335 e. The third-order valence-electron chi connectivity index (χ3n) is 3.01. The number of nitrogens with two attached hydrogens (primary N) is 1. The Bertz CT molecular complexity index is 421. The fourth-order valence-corrected chi connectivity index (χ4v) is 1.84. The molecular formula is C12H20N2O8. The fourth-order valence-electron chi connectivity index (χ4n) is 1.84. The standard InChI is InChI=1S/C8H14N2O2.C4H6O6/c1-2-6(8(9)12)10-5-3-4-7(10)11;5-1(3(7)8)2(6)4(9)10/h6H,2-5H2,1H3,(H2,9,12);1-2,5-6H,(H,7,8)(H,9,10)/t6-;1-,2-/m00/s1. The molecule has 0 unspecified atom stereocenters. The molecule has 3 atom stereocenters. The summed E-state index contributed by atoms with van der Waals surface area (Å²) in [6.07, 6.45) is -2.51. The summed E-state index contributed by atoms with van der Waals surface area (Å²) in [6.45, 7) is 2.54. The lowest BCUT2D eigenvalue weighted by atomic mass is 10.2. The zero-order chi connectivity index (χ0) is 17.4. The van der Waals surface area contributed by atoms with Gasteiger partial charge in [0, 0.05) is 13.0 Å². The van der Waals surface area contributed by atoms with Crippen molar-refractivity contribution in [3.05, 3.63) is 0 Å². The molecule has 0 aromatic heterocycles. The maximum atomic E-state index is 11.2. The van der Waals surface area contributed by atoms with E-state index in [0.29, 0.717) is 19.4 Å². The van der Waals surface area contributed by atoms with E-state index in [2.05, 4.69) is 0 Å². The van der Waals surface area contributed by atoms with Crippen LogP contribution in [0, 0.1) is 0 Å².